The van der Waals surface area contributed by atoms with Crippen LogP contribution in [0.1, 0.15) is 28.2 Å². The largest absolute Gasteiger partial charge is 0.422 e. The van der Waals surface area contributed by atoms with Gasteiger partial charge in [0.2, 0.25) is 11.8 Å². The molecule has 4 rings (SSSR count). The van der Waals surface area contributed by atoms with Gasteiger partial charge in [-0.2, -0.15) is 18.4 Å². The van der Waals surface area contributed by atoms with Gasteiger partial charge in [0.05, 0.1) is 22.9 Å². The topological polar surface area (TPSA) is 85.5 Å². The lowest BCUT2D eigenvalue weighted by Crippen LogP contribution is -2.30. The molecular formula is C21H15F3N4O. The first kappa shape index (κ1) is 18.7. The normalized spacial score (nSPS) is 18.7. The van der Waals surface area contributed by atoms with Gasteiger partial charge in [0.15, 0.2) is 0 Å². The van der Waals surface area contributed by atoms with Gasteiger partial charge >= 0.3 is 6.18 Å². The van der Waals surface area contributed by atoms with Crippen LogP contribution in [0.2, 0.25) is 0 Å². The van der Waals surface area contributed by atoms with Crippen molar-refractivity contribution in [3.8, 4) is 23.2 Å². The molecule has 8 heteroatoms. The van der Waals surface area contributed by atoms with E-state index >= 15 is 0 Å². The molecule has 0 amide bonds. The fraction of sp³-hybridized carbons (Fsp3) is 0.190. The maximum Gasteiger partial charge on any atom is 0.416 e. The predicted octanol–water partition coefficient (Wildman–Crippen LogP) is 5.05. The molecule has 2 N–H and O–H groups in total. The Morgan fingerprint density at radius 2 is 1.76 bits per heavy atom. The zero-order valence-electron chi connectivity index (χ0n) is 15.2. The number of nitrogens with zero attached hydrogens (tertiary/aromatic N) is 2. The van der Waals surface area contributed by atoms with Crippen LogP contribution in [0.15, 0.2) is 48.5 Å². The number of aromatic amines is 1. The molecular weight excluding hydrogens is 381 g/mol. The molecule has 0 aliphatic carbocycles. The number of fused-ring (bicyclic) bond motifs is 1. The first-order valence-corrected chi connectivity index (χ1v) is 8.78. The summed E-state index contributed by atoms with van der Waals surface area (Å²) in [4.78, 5) is 0. The highest BCUT2D eigenvalue weighted by Gasteiger charge is 2.41. The number of aromatic nitrogens is 2. The number of alkyl halides is 3. The van der Waals surface area contributed by atoms with Crippen LogP contribution in [0.4, 0.5) is 13.2 Å². The van der Waals surface area contributed by atoms with E-state index in [2.05, 4.69) is 16.3 Å². The van der Waals surface area contributed by atoms with E-state index in [0.29, 0.717) is 16.8 Å². The lowest BCUT2D eigenvalue weighted by Gasteiger charge is -2.28. The summed E-state index contributed by atoms with van der Waals surface area (Å²) in [5.41, 5.74) is 2.73. The van der Waals surface area contributed by atoms with Gasteiger partial charge in [0.1, 0.15) is 5.92 Å². The first-order chi connectivity index (χ1) is 13.8. The molecule has 0 saturated heterocycles. The smallest absolute Gasteiger partial charge is 0.416 e. The maximum atomic E-state index is 13.0. The zero-order chi connectivity index (χ0) is 20.8. The molecule has 2 heterocycles. The van der Waals surface area contributed by atoms with Crippen LogP contribution in [0.3, 0.4) is 0 Å². The lowest BCUT2D eigenvalue weighted by molar-refractivity contribution is -0.137. The first-order valence-electron chi connectivity index (χ1n) is 8.78. The van der Waals surface area contributed by atoms with Crippen LogP contribution in [0.5, 0.6) is 5.88 Å². The second kappa shape index (κ2) is 6.78. The summed E-state index contributed by atoms with van der Waals surface area (Å²) >= 11 is 0. The molecule has 0 saturated carbocycles. The van der Waals surface area contributed by atoms with E-state index in [1.54, 1.807) is 0 Å². The van der Waals surface area contributed by atoms with Gasteiger partial charge in [-0.1, -0.05) is 42.0 Å². The van der Waals surface area contributed by atoms with Gasteiger partial charge in [-0.25, -0.2) is 0 Å². The quantitative estimate of drug-likeness (QED) is 0.636. The van der Waals surface area contributed by atoms with Crippen molar-refractivity contribution in [2.24, 2.45) is 5.92 Å². The fourth-order valence-corrected chi connectivity index (χ4v) is 3.50. The van der Waals surface area contributed by atoms with Crippen molar-refractivity contribution < 1.29 is 17.9 Å². The highest BCUT2D eigenvalue weighted by Crippen LogP contribution is 2.46. The number of benzene rings is 2. The number of nitriles is 1. The third-order valence-electron chi connectivity index (χ3n) is 4.98. The van der Waals surface area contributed by atoms with E-state index < -0.39 is 23.6 Å². The van der Waals surface area contributed by atoms with Crippen molar-refractivity contribution in [3.63, 3.8) is 0 Å². The molecule has 1 aliphatic rings. The van der Waals surface area contributed by atoms with E-state index in [4.69, 9.17) is 10.1 Å². The Labute approximate surface area is 164 Å². The minimum Gasteiger partial charge on any atom is -0.422 e. The molecule has 2 atom stereocenters. The van der Waals surface area contributed by atoms with Crippen molar-refractivity contribution in [3.05, 3.63) is 70.8 Å². The molecule has 2 unspecified atom stereocenters. The Hall–Kier alpha value is -3.60. The summed E-state index contributed by atoms with van der Waals surface area (Å²) in [5, 5.41) is 24.7. The van der Waals surface area contributed by atoms with Gasteiger partial charge in [-0.3, -0.25) is 10.5 Å². The van der Waals surface area contributed by atoms with Crippen molar-refractivity contribution in [1.82, 2.24) is 10.2 Å². The van der Waals surface area contributed by atoms with E-state index in [9.17, 15) is 18.4 Å². The average molecular weight is 396 g/mol. The van der Waals surface area contributed by atoms with Crippen LogP contribution in [0.25, 0.3) is 11.3 Å². The number of ether oxygens (including phenoxy) is 1. The number of aryl methyl sites for hydroxylation is 1. The van der Waals surface area contributed by atoms with Crippen LogP contribution in [-0.4, -0.2) is 16.1 Å². The molecule has 0 spiro atoms. The summed E-state index contributed by atoms with van der Waals surface area (Å²) < 4.78 is 44.3. The predicted molar refractivity (Wildman–Crippen MR) is 99.5 cm³/mol. The standard InChI is InChI=1S/C21H15F3N4O/c1-11-2-4-13(5-3-11)18-17-16(12-6-8-14(9-7-12)21(22,23)24)15(10-25)19(26)29-20(17)28-27-18/h2-9,15-16,26H,1H3,(H,27,28). The Balaban J connectivity index is 1.87. The summed E-state index contributed by atoms with van der Waals surface area (Å²) in [6, 6.07) is 14.3. The highest BCUT2D eigenvalue weighted by atomic mass is 19.4. The zero-order valence-corrected chi connectivity index (χ0v) is 15.2. The Morgan fingerprint density at radius 3 is 2.34 bits per heavy atom. The molecule has 1 aromatic heterocycles. The van der Waals surface area contributed by atoms with E-state index in [1.165, 1.54) is 12.1 Å². The minimum atomic E-state index is -4.45. The highest BCUT2D eigenvalue weighted by molar-refractivity contribution is 5.86. The molecule has 146 valence electrons. The SMILES string of the molecule is Cc1ccc(-c2[nH]nc3c2C(c2ccc(C(F)(F)F)cc2)C(C#N)C(=N)O3)cc1. The Bertz CT molecular complexity index is 1110. The molecule has 5 nitrogen and oxygen atoms in total. The molecule has 3 aromatic rings. The molecule has 0 fully saturated rings. The van der Waals surface area contributed by atoms with Gasteiger partial charge in [0, 0.05) is 5.92 Å². The molecule has 2 aromatic carbocycles. The van der Waals surface area contributed by atoms with Crippen molar-refractivity contribution in [2.75, 3.05) is 0 Å². The molecule has 0 radical (unpaired) electrons. The van der Waals surface area contributed by atoms with Crippen LogP contribution >= 0.6 is 0 Å². The van der Waals surface area contributed by atoms with Crippen molar-refractivity contribution in [1.29, 1.82) is 10.7 Å². The van der Waals surface area contributed by atoms with Crippen LogP contribution in [0, 0.1) is 29.6 Å². The molecule has 29 heavy (non-hydrogen) atoms. The third kappa shape index (κ3) is 3.25. The van der Waals surface area contributed by atoms with Crippen molar-refractivity contribution in [2.45, 2.75) is 19.0 Å². The average Bonchev–Trinajstić information content (AvgIpc) is 3.10. The van der Waals surface area contributed by atoms with E-state index in [-0.39, 0.29) is 11.8 Å². The number of nitrogens with one attached hydrogen (secondary N) is 2. The van der Waals surface area contributed by atoms with E-state index in [1.807, 2.05) is 31.2 Å². The summed E-state index contributed by atoms with van der Waals surface area (Å²) in [6.07, 6.45) is -4.45. The van der Waals surface area contributed by atoms with Crippen LogP contribution in [-0.2, 0) is 6.18 Å². The monoisotopic (exact) mass is 396 g/mol. The maximum absolute atomic E-state index is 13.0. The second-order valence-electron chi connectivity index (χ2n) is 6.85. The number of H-pyrrole nitrogens is 1. The number of hydrogen-bond acceptors (Lipinski definition) is 4. The number of hydrogen-bond donors (Lipinski definition) is 2. The van der Waals surface area contributed by atoms with Crippen molar-refractivity contribution >= 4 is 5.90 Å². The Morgan fingerprint density at radius 1 is 1.10 bits per heavy atom. The molecule has 1 aliphatic heterocycles. The van der Waals surface area contributed by atoms with Crippen LogP contribution < -0.4 is 4.74 Å². The van der Waals surface area contributed by atoms with Gasteiger partial charge in [-0.05, 0) is 30.2 Å². The van der Waals surface area contributed by atoms with Gasteiger partial charge in [0.25, 0.3) is 0 Å². The second-order valence-corrected chi connectivity index (χ2v) is 6.85. The third-order valence-corrected chi connectivity index (χ3v) is 4.98. The number of halogens is 3. The summed E-state index contributed by atoms with van der Waals surface area (Å²) in [5.74, 6) is -1.80. The Kier molecular flexibility index (Phi) is 4.38. The number of rotatable bonds is 2. The van der Waals surface area contributed by atoms with E-state index in [0.717, 1.165) is 23.3 Å². The van der Waals surface area contributed by atoms with Gasteiger partial charge < -0.3 is 4.74 Å². The summed E-state index contributed by atoms with van der Waals surface area (Å²) in [7, 11) is 0. The van der Waals surface area contributed by atoms with Gasteiger partial charge in [-0.15, -0.1) is 5.10 Å². The lowest BCUT2D eigenvalue weighted by atomic mass is 9.78. The minimum absolute atomic E-state index is 0.155. The summed E-state index contributed by atoms with van der Waals surface area (Å²) in [6.45, 7) is 1.95. The molecule has 0 bridgehead atoms. The fourth-order valence-electron chi connectivity index (χ4n) is 3.50.